The number of nitrogens with one attached hydrogen (secondary N) is 1. The summed E-state index contributed by atoms with van der Waals surface area (Å²) in [6.45, 7) is 0.557. The SMILES string of the molecule is COC1(OC)CCC(C(CN)c2c[nH]c3ccc(F)cc23)CC1. The van der Waals surface area contributed by atoms with Crippen molar-refractivity contribution in [2.75, 3.05) is 20.8 Å². The largest absolute Gasteiger partial charge is 0.361 e. The van der Waals surface area contributed by atoms with E-state index >= 15 is 0 Å². The Bertz CT molecular complexity index is 656. The Hall–Kier alpha value is -1.43. The van der Waals surface area contributed by atoms with Crippen molar-refractivity contribution in [1.82, 2.24) is 4.98 Å². The first-order chi connectivity index (χ1) is 11.1. The van der Waals surface area contributed by atoms with Gasteiger partial charge in [-0.2, -0.15) is 0 Å². The average Bonchev–Trinajstić information content (AvgIpc) is 2.99. The highest BCUT2D eigenvalue weighted by Gasteiger charge is 2.38. The Morgan fingerprint density at radius 2 is 2.00 bits per heavy atom. The molecule has 1 aromatic heterocycles. The van der Waals surface area contributed by atoms with Crippen LogP contribution in [-0.2, 0) is 9.47 Å². The first-order valence-corrected chi connectivity index (χ1v) is 8.19. The minimum atomic E-state index is -0.456. The molecule has 0 spiro atoms. The Balaban J connectivity index is 1.84. The summed E-state index contributed by atoms with van der Waals surface area (Å²) in [5.74, 6) is 0.00983. The molecule has 1 heterocycles. The standard InChI is InChI=1S/C18H25FN2O2/c1-22-18(23-2)7-5-12(6-8-18)15(10-20)16-11-21-17-4-3-13(19)9-14(16)17/h3-4,9,11-12,15,21H,5-8,10,20H2,1-2H3. The number of hydrogen-bond donors (Lipinski definition) is 2. The molecule has 0 amide bonds. The number of ether oxygens (including phenoxy) is 2. The van der Waals surface area contributed by atoms with Gasteiger partial charge in [-0.15, -0.1) is 0 Å². The van der Waals surface area contributed by atoms with Crippen LogP contribution in [0.25, 0.3) is 10.9 Å². The van der Waals surface area contributed by atoms with E-state index in [1.54, 1.807) is 26.4 Å². The minimum absolute atomic E-state index is 0.212. The molecule has 1 aliphatic rings. The molecule has 1 aromatic carbocycles. The maximum Gasteiger partial charge on any atom is 0.167 e. The van der Waals surface area contributed by atoms with Crippen LogP contribution in [0, 0.1) is 11.7 Å². The van der Waals surface area contributed by atoms with Gasteiger partial charge in [-0.3, -0.25) is 0 Å². The number of H-pyrrole nitrogens is 1. The maximum absolute atomic E-state index is 13.6. The van der Waals surface area contributed by atoms with E-state index in [0.29, 0.717) is 12.5 Å². The smallest absolute Gasteiger partial charge is 0.167 e. The number of halogens is 1. The number of fused-ring (bicyclic) bond motifs is 1. The van der Waals surface area contributed by atoms with Crippen molar-refractivity contribution in [1.29, 1.82) is 0 Å². The summed E-state index contributed by atoms with van der Waals surface area (Å²) in [5.41, 5.74) is 8.16. The molecule has 0 saturated heterocycles. The van der Waals surface area contributed by atoms with Crippen LogP contribution in [0.3, 0.4) is 0 Å². The number of nitrogens with two attached hydrogens (primary N) is 1. The topological polar surface area (TPSA) is 60.3 Å². The van der Waals surface area contributed by atoms with Crippen LogP contribution in [0.1, 0.15) is 37.2 Å². The Morgan fingerprint density at radius 3 is 2.61 bits per heavy atom. The molecule has 126 valence electrons. The quantitative estimate of drug-likeness (QED) is 0.829. The fraction of sp³-hybridized carbons (Fsp3) is 0.556. The lowest BCUT2D eigenvalue weighted by molar-refractivity contribution is -0.228. The molecule has 1 saturated carbocycles. The first-order valence-electron chi connectivity index (χ1n) is 8.19. The molecule has 3 N–H and O–H groups in total. The Labute approximate surface area is 136 Å². The van der Waals surface area contributed by atoms with Gasteiger partial charge >= 0.3 is 0 Å². The summed E-state index contributed by atoms with van der Waals surface area (Å²) in [7, 11) is 3.40. The predicted molar refractivity (Wildman–Crippen MR) is 88.8 cm³/mol. The molecule has 1 atom stereocenters. The summed E-state index contributed by atoms with van der Waals surface area (Å²) >= 11 is 0. The highest BCUT2D eigenvalue weighted by atomic mass is 19.1. The molecule has 0 aliphatic heterocycles. The molecule has 0 bridgehead atoms. The van der Waals surface area contributed by atoms with Gasteiger partial charge in [0.1, 0.15) is 5.82 Å². The molecule has 23 heavy (non-hydrogen) atoms. The third-order valence-corrected chi connectivity index (χ3v) is 5.43. The lowest BCUT2D eigenvalue weighted by Crippen LogP contribution is -2.39. The summed E-state index contributed by atoms with van der Waals surface area (Å²) < 4.78 is 24.7. The molecule has 1 fully saturated rings. The zero-order chi connectivity index (χ0) is 16.4. The van der Waals surface area contributed by atoms with Crippen LogP contribution >= 0.6 is 0 Å². The fourth-order valence-corrected chi connectivity index (χ4v) is 3.97. The summed E-state index contributed by atoms with van der Waals surface area (Å²) in [6, 6.07) is 4.86. The highest BCUT2D eigenvalue weighted by Crippen LogP contribution is 2.42. The van der Waals surface area contributed by atoms with Crippen molar-refractivity contribution in [2.24, 2.45) is 11.7 Å². The van der Waals surface area contributed by atoms with Crippen molar-refractivity contribution in [2.45, 2.75) is 37.4 Å². The van der Waals surface area contributed by atoms with E-state index in [4.69, 9.17) is 15.2 Å². The summed E-state index contributed by atoms with van der Waals surface area (Å²) in [6.07, 6.45) is 5.68. The second kappa shape index (κ2) is 6.59. The molecule has 1 aliphatic carbocycles. The van der Waals surface area contributed by atoms with E-state index in [0.717, 1.165) is 42.1 Å². The van der Waals surface area contributed by atoms with Gasteiger partial charge < -0.3 is 20.2 Å². The molecule has 1 unspecified atom stereocenters. The number of aromatic amines is 1. The van der Waals surface area contributed by atoms with Crippen LogP contribution < -0.4 is 5.73 Å². The van der Waals surface area contributed by atoms with E-state index in [-0.39, 0.29) is 11.7 Å². The third kappa shape index (κ3) is 3.01. The van der Waals surface area contributed by atoms with Crippen LogP contribution in [0.4, 0.5) is 4.39 Å². The van der Waals surface area contributed by atoms with Gasteiger partial charge in [-0.25, -0.2) is 4.39 Å². The second-order valence-corrected chi connectivity index (χ2v) is 6.43. The van der Waals surface area contributed by atoms with Crippen molar-refractivity contribution >= 4 is 10.9 Å². The molecule has 4 nitrogen and oxygen atoms in total. The van der Waals surface area contributed by atoms with Crippen molar-refractivity contribution < 1.29 is 13.9 Å². The Morgan fingerprint density at radius 1 is 1.30 bits per heavy atom. The normalized spacial score (nSPS) is 20.0. The van der Waals surface area contributed by atoms with Crippen LogP contribution in [-0.4, -0.2) is 31.5 Å². The number of hydrogen-bond acceptors (Lipinski definition) is 3. The van der Waals surface area contributed by atoms with Crippen LogP contribution in [0.2, 0.25) is 0 Å². The van der Waals surface area contributed by atoms with E-state index in [9.17, 15) is 4.39 Å². The van der Waals surface area contributed by atoms with Crippen LogP contribution in [0.5, 0.6) is 0 Å². The highest BCUT2D eigenvalue weighted by molar-refractivity contribution is 5.83. The monoisotopic (exact) mass is 320 g/mol. The minimum Gasteiger partial charge on any atom is -0.361 e. The van der Waals surface area contributed by atoms with E-state index in [1.807, 2.05) is 6.20 Å². The van der Waals surface area contributed by atoms with Gasteiger partial charge in [0, 0.05) is 50.1 Å². The van der Waals surface area contributed by atoms with Crippen molar-refractivity contribution in [3.8, 4) is 0 Å². The number of methoxy groups -OCH3 is 2. The van der Waals surface area contributed by atoms with Gasteiger partial charge in [0.15, 0.2) is 5.79 Å². The predicted octanol–water partition coefficient (Wildman–Crippen LogP) is 3.53. The first kappa shape index (κ1) is 16.4. The van der Waals surface area contributed by atoms with Crippen LogP contribution in [0.15, 0.2) is 24.4 Å². The van der Waals surface area contributed by atoms with Gasteiger partial charge in [0.25, 0.3) is 0 Å². The molecule has 5 heteroatoms. The zero-order valence-electron chi connectivity index (χ0n) is 13.8. The number of rotatable bonds is 5. The van der Waals surface area contributed by atoms with Gasteiger partial charge in [-0.1, -0.05) is 0 Å². The van der Waals surface area contributed by atoms with Gasteiger partial charge in [-0.05, 0) is 49.1 Å². The van der Waals surface area contributed by atoms with E-state index in [1.165, 1.54) is 6.07 Å². The molecule has 3 rings (SSSR count). The molecule has 2 aromatic rings. The zero-order valence-corrected chi connectivity index (χ0v) is 13.8. The van der Waals surface area contributed by atoms with Crippen molar-refractivity contribution in [3.63, 3.8) is 0 Å². The summed E-state index contributed by atoms with van der Waals surface area (Å²) in [4.78, 5) is 3.24. The summed E-state index contributed by atoms with van der Waals surface area (Å²) in [5, 5.41) is 0.941. The molecular weight excluding hydrogens is 295 g/mol. The van der Waals surface area contributed by atoms with Gasteiger partial charge in [0.2, 0.25) is 0 Å². The fourth-order valence-electron chi connectivity index (χ4n) is 3.97. The number of aromatic nitrogens is 1. The molecule has 0 radical (unpaired) electrons. The third-order valence-electron chi connectivity index (χ3n) is 5.43. The molecular formula is C18H25FN2O2. The average molecular weight is 320 g/mol. The van der Waals surface area contributed by atoms with E-state index in [2.05, 4.69) is 4.98 Å². The van der Waals surface area contributed by atoms with Gasteiger partial charge in [0.05, 0.1) is 0 Å². The number of benzene rings is 1. The second-order valence-electron chi connectivity index (χ2n) is 6.43. The lowest BCUT2D eigenvalue weighted by Gasteiger charge is -2.40. The van der Waals surface area contributed by atoms with E-state index < -0.39 is 5.79 Å². The van der Waals surface area contributed by atoms with Crippen molar-refractivity contribution in [3.05, 3.63) is 35.8 Å². The maximum atomic E-state index is 13.6. The Kier molecular flexibility index (Phi) is 4.71. The lowest BCUT2D eigenvalue weighted by atomic mass is 9.75.